The quantitative estimate of drug-likeness (QED) is 0.0369. The number of hydrogen-bond acceptors (Lipinski definition) is 8. The first-order valence-corrected chi connectivity index (χ1v) is 23.9. The summed E-state index contributed by atoms with van der Waals surface area (Å²) in [5.41, 5.74) is 0. The van der Waals surface area contributed by atoms with Gasteiger partial charge in [-0.15, -0.1) is 0 Å². The first-order chi connectivity index (χ1) is 27.4. The second-order valence-corrected chi connectivity index (χ2v) is 16.2. The molecule has 9 nitrogen and oxygen atoms in total. The Morgan fingerprint density at radius 3 is 1.29 bits per heavy atom. The van der Waals surface area contributed by atoms with E-state index in [9.17, 15) is 14.4 Å². The standard InChI is InChI=1S/C47H92N2O7/c1-5-8-10-12-14-16-18-20-22-24-30-36-45(50)54-40-32-26-28-34-44(56-47(52)48-38-42-53-43-39-49(4)7-3)35-29-27-33-41-55-46(51)37-31-25-23-21-19-17-15-13-11-9-6-2/h44H,5-43H2,1-4H3,(H,48,52). The summed E-state index contributed by atoms with van der Waals surface area (Å²) in [6.07, 6.45) is 35.2. The molecule has 9 heteroatoms. The number of amides is 1. The van der Waals surface area contributed by atoms with E-state index in [2.05, 4.69) is 38.0 Å². The van der Waals surface area contributed by atoms with Crippen LogP contribution in [-0.4, -0.2) is 82.1 Å². The van der Waals surface area contributed by atoms with E-state index < -0.39 is 6.09 Å². The molecule has 0 aromatic rings. The lowest BCUT2D eigenvalue weighted by Crippen LogP contribution is -2.32. The Morgan fingerprint density at radius 2 is 0.875 bits per heavy atom. The predicted molar refractivity (Wildman–Crippen MR) is 233 cm³/mol. The van der Waals surface area contributed by atoms with Crippen molar-refractivity contribution in [1.29, 1.82) is 0 Å². The first-order valence-electron chi connectivity index (χ1n) is 23.9. The number of unbranched alkanes of at least 4 members (excludes halogenated alkanes) is 24. The minimum atomic E-state index is -0.406. The molecule has 0 radical (unpaired) electrons. The van der Waals surface area contributed by atoms with Gasteiger partial charge in [0, 0.05) is 25.9 Å². The van der Waals surface area contributed by atoms with Crippen LogP contribution in [-0.2, 0) is 28.5 Å². The minimum Gasteiger partial charge on any atom is -0.466 e. The maximum atomic E-state index is 12.6. The van der Waals surface area contributed by atoms with Crippen molar-refractivity contribution in [3.05, 3.63) is 0 Å². The number of ether oxygens (including phenoxy) is 4. The van der Waals surface area contributed by atoms with Crippen LogP contribution in [0.15, 0.2) is 0 Å². The van der Waals surface area contributed by atoms with Gasteiger partial charge in [-0.3, -0.25) is 9.59 Å². The molecule has 0 saturated carbocycles. The molecule has 0 aromatic carbocycles. The van der Waals surface area contributed by atoms with Crippen molar-refractivity contribution in [1.82, 2.24) is 10.2 Å². The van der Waals surface area contributed by atoms with Crippen molar-refractivity contribution < 1.29 is 33.3 Å². The lowest BCUT2D eigenvalue weighted by molar-refractivity contribution is -0.144. The molecule has 56 heavy (non-hydrogen) atoms. The van der Waals surface area contributed by atoms with Crippen molar-refractivity contribution >= 4 is 18.0 Å². The second kappa shape index (κ2) is 44.2. The molecule has 0 aliphatic rings. The smallest absolute Gasteiger partial charge is 0.407 e. The van der Waals surface area contributed by atoms with Crippen molar-refractivity contribution in [3.63, 3.8) is 0 Å². The van der Waals surface area contributed by atoms with E-state index in [1.54, 1.807) is 0 Å². The number of rotatable bonds is 44. The topological polar surface area (TPSA) is 103 Å². The zero-order valence-electron chi connectivity index (χ0n) is 37.5. The number of alkyl carbamates (subject to hydrolysis) is 1. The first kappa shape index (κ1) is 54.1. The van der Waals surface area contributed by atoms with Crippen LogP contribution in [0.3, 0.4) is 0 Å². The Bertz CT molecular complexity index is 808. The molecule has 1 N–H and O–H groups in total. The van der Waals surface area contributed by atoms with Crippen LogP contribution in [0.1, 0.15) is 226 Å². The number of likely N-dealkylation sites (N-methyl/N-ethyl adjacent to an activating group) is 1. The highest BCUT2D eigenvalue weighted by molar-refractivity contribution is 5.69. The van der Waals surface area contributed by atoms with Crippen LogP contribution in [0.5, 0.6) is 0 Å². The van der Waals surface area contributed by atoms with Crippen LogP contribution >= 0.6 is 0 Å². The number of nitrogens with one attached hydrogen (secondary N) is 1. The number of esters is 2. The van der Waals surface area contributed by atoms with Gasteiger partial charge in [-0.2, -0.15) is 0 Å². The van der Waals surface area contributed by atoms with Crippen molar-refractivity contribution in [3.8, 4) is 0 Å². The molecular formula is C47H92N2O7. The van der Waals surface area contributed by atoms with Crippen LogP contribution < -0.4 is 5.32 Å². The van der Waals surface area contributed by atoms with Crippen LogP contribution in [0.2, 0.25) is 0 Å². The minimum absolute atomic E-state index is 0.0834. The van der Waals surface area contributed by atoms with Gasteiger partial charge in [0.15, 0.2) is 0 Å². The van der Waals surface area contributed by atoms with Crippen molar-refractivity contribution in [2.75, 3.05) is 53.1 Å². The summed E-state index contributed by atoms with van der Waals surface area (Å²) < 4.78 is 22.4. The van der Waals surface area contributed by atoms with Crippen LogP contribution in [0, 0.1) is 0 Å². The fraction of sp³-hybridized carbons (Fsp3) is 0.936. The fourth-order valence-corrected chi connectivity index (χ4v) is 6.85. The van der Waals surface area contributed by atoms with E-state index in [1.165, 1.54) is 116 Å². The lowest BCUT2D eigenvalue weighted by Gasteiger charge is -2.19. The molecule has 0 atom stereocenters. The monoisotopic (exact) mass is 797 g/mol. The summed E-state index contributed by atoms with van der Waals surface area (Å²) in [6, 6.07) is 0. The molecular weight excluding hydrogens is 705 g/mol. The Kier molecular flexibility index (Phi) is 42.8. The van der Waals surface area contributed by atoms with Gasteiger partial charge in [-0.1, -0.05) is 149 Å². The molecule has 0 saturated heterocycles. The highest BCUT2D eigenvalue weighted by Gasteiger charge is 2.15. The summed E-state index contributed by atoms with van der Waals surface area (Å²) in [4.78, 5) is 39.1. The van der Waals surface area contributed by atoms with Crippen LogP contribution in [0.25, 0.3) is 0 Å². The Morgan fingerprint density at radius 1 is 0.482 bits per heavy atom. The van der Waals surface area contributed by atoms with E-state index in [0.717, 1.165) is 90.1 Å². The summed E-state index contributed by atoms with van der Waals surface area (Å²) in [5.74, 6) is -0.167. The average molecular weight is 797 g/mol. The SMILES string of the molecule is CCCCCCCCCCCCCC(=O)OCCCCCC(CCCCCOC(=O)CCCCCCCCCCCCC)OC(=O)NCCOCCN(C)CC. The Balaban J connectivity index is 4.17. The summed E-state index contributed by atoms with van der Waals surface area (Å²) in [6.45, 7) is 10.9. The summed E-state index contributed by atoms with van der Waals surface area (Å²) >= 11 is 0. The third-order valence-corrected chi connectivity index (χ3v) is 10.8. The number of hydrogen-bond donors (Lipinski definition) is 1. The van der Waals surface area contributed by atoms with Gasteiger partial charge in [-0.05, 0) is 77.8 Å². The van der Waals surface area contributed by atoms with E-state index in [0.29, 0.717) is 45.8 Å². The molecule has 0 heterocycles. The molecule has 0 spiro atoms. The maximum Gasteiger partial charge on any atom is 0.407 e. The highest BCUT2D eigenvalue weighted by atomic mass is 16.6. The largest absolute Gasteiger partial charge is 0.466 e. The Labute approximate surface area is 346 Å². The molecule has 0 aromatic heterocycles. The molecule has 0 aliphatic carbocycles. The van der Waals surface area contributed by atoms with E-state index in [-0.39, 0.29) is 18.0 Å². The molecule has 1 amide bonds. The molecule has 0 bridgehead atoms. The highest BCUT2D eigenvalue weighted by Crippen LogP contribution is 2.17. The maximum absolute atomic E-state index is 12.6. The third-order valence-electron chi connectivity index (χ3n) is 10.8. The number of carbonyl (C=O) groups is 3. The Hall–Kier alpha value is -1.87. The molecule has 0 aliphatic heterocycles. The predicted octanol–water partition coefficient (Wildman–Crippen LogP) is 12.7. The van der Waals surface area contributed by atoms with Gasteiger partial charge in [0.25, 0.3) is 0 Å². The zero-order valence-corrected chi connectivity index (χ0v) is 37.5. The van der Waals surface area contributed by atoms with Gasteiger partial charge in [0.05, 0.1) is 26.4 Å². The van der Waals surface area contributed by atoms with Gasteiger partial charge in [0.1, 0.15) is 6.10 Å². The van der Waals surface area contributed by atoms with Crippen molar-refractivity contribution in [2.45, 2.75) is 232 Å². The molecule has 332 valence electrons. The van der Waals surface area contributed by atoms with E-state index in [4.69, 9.17) is 18.9 Å². The fourth-order valence-electron chi connectivity index (χ4n) is 6.85. The van der Waals surface area contributed by atoms with Gasteiger partial charge >= 0.3 is 18.0 Å². The average Bonchev–Trinajstić information content (AvgIpc) is 3.19. The van der Waals surface area contributed by atoms with Gasteiger partial charge < -0.3 is 29.2 Å². The third kappa shape index (κ3) is 41.8. The van der Waals surface area contributed by atoms with Gasteiger partial charge in [-0.25, -0.2) is 4.79 Å². The molecule has 0 unspecified atom stereocenters. The second-order valence-electron chi connectivity index (χ2n) is 16.2. The number of carbonyl (C=O) groups excluding carboxylic acids is 3. The molecule has 0 rings (SSSR count). The normalized spacial score (nSPS) is 11.4. The molecule has 0 fully saturated rings. The van der Waals surface area contributed by atoms with E-state index >= 15 is 0 Å². The zero-order chi connectivity index (χ0) is 41.0. The van der Waals surface area contributed by atoms with Crippen molar-refractivity contribution in [2.24, 2.45) is 0 Å². The number of nitrogens with zero attached hydrogens (tertiary/aromatic N) is 1. The van der Waals surface area contributed by atoms with Gasteiger partial charge in [0.2, 0.25) is 0 Å². The van der Waals surface area contributed by atoms with E-state index in [1.807, 2.05) is 0 Å². The summed E-state index contributed by atoms with van der Waals surface area (Å²) in [5, 5.41) is 2.83. The lowest BCUT2D eigenvalue weighted by atomic mass is 10.0. The summed E-state index contributed by atoms with van der Waals surface area (Å²) in [7, 11) is 2.05. The van der Waals surface area contributed by atoms with Crippen LogP contribution in [0.4, 0.5) is 4.79 Å².